The van der Waals surface area contributed by atoms with Crippen LogP contribution in [0.15, 0.2) is 66.0 Å². The van der Waals surface area contributed by atoms with E-state index in [0.717, 1.165) is 22.3 Å². The Morgan fingerprint density at radius 2 is 1.80 bits per heavy atom. The monoisotopic (exact) mass is 509 g/mol. The molecule has 0 saturated carbocycles. The van der Waals surface area contributed by atoms with Crippen LogP contribution < -0.4 is 0 Å². The first-order chi connectivity index (χ1) is 16.5. The Bertz CT molecular complexity index is 1330. The van der Waals surface area contributed by atoms with E-state index in [0.29, 0.717) is 24.5 Å². The molecule has 35 heavy (non-hydrogen) atoms. The Balaban J connectivity index is 0.000000364. The third-order valence-electron chi connectivity index (χ3n) is 5.89. The van der Waals surface area contributed by atoms with Gasteiger partial charge in [0.15, 0.2) is 9.84 Å². The van der Waals surface area contributed by atoms with Crippen molar-refractivity contribution in [2.75, 3.05) is 13.1 Å². The number of nitrogens with zero attached hydrogens (tertiary/aromatic N) is 3. The standard InChI is InChI=1S/C21H18FN3O2S.C2HF3O2/c22-21-6-4-16(10-24-21)15-3-5-19-17(8-15)18-12-25(13-20(18)28(19,26)27)11-14-2-1-7-23-9-14;3-2(4,5)1(6)7/h1-10,18,20H,11-13H2;(H,6,7). The zero-order chi connectivity index (χ0) is 25.4. The van der Waals surface area contributed by atoms with Crippen molar-refractivity contribution in [2.24, 2.45) is 0 Å². The first kappa shape index (κ1) is 24.7. The summed E-state index contributed by atoms with van der Waals surface area (Å²) in [5.41, 5.74) is 3.56. The van der Waals surface area contributed by atoms with Crippen LogP contribution in [0.2, 0.25) is 0 Å². The van der Waals surface area contributed by atoms with Crippen molar-refractivity contribution in [3.63, 3.8) is 0 Å². The molecule has 0 bridgehead atoms. The largest absolute Gasteiger partial charge is 0.490 e. The minimum absolute atomic E-state index is 0.0509. The number of carboxylic acids is 1. The highest BCUT2D eigenvalue weighted by atomic mass is 32.2. The van der Waals surface area contributed by atoms with E-state index in [-0.39, 0.29) is 5.92 Å². The van der Waals surface area contributed by atoms with Gasteiger partial charge in [-0.1, -0.05) is 12.1 Å². The first-order valence-corrected chi connectivity index (χ1v) is 11.9. The summed E-state index contributed by atoms with van der Waals surface area (Å²) < 4.78 is 71.0. The lowest BCUT2D eigenvalue weighted by atomic mass is 9.95. The summed E-state index contributed by atoms with van der Waals surface area (Å²) in [6.45, 7) is 1.90. The van der Waals surface area contributed by atoms with Gasteiger partial charge in [0.05, 0.1) is 10.1 Å². The summed E-state index contributed by atoms with van der Waals surface area (Å²) in [5, 5.41) is 6.71. The van der Waals surface area contributed by atoms with Crippen LogP contribution in [0.1, 0.15) is 17.0 Å². The second-order valence-corrected chi connectivity index (χ2v) is 10.3. The topological polar surface area (TPSA) is 100 Å². The molecule has 2 aromatic heterocycles. The molecule has 4 heterocycles. The van der Waals surface area contributed by atoms with Gasteiger partial charge in [-0.25, -0.2) is 18.2 Å². The average Bonchev–Trinajstić information content (AvgIpc) is 3.31. The molecular formula is C23H19F4N3O4S. The highest BCUT2D eigenvalue weighted by Gasteiger charge is 2.50. The van der Waals surface area contributed by atoms with Gasteiger partial charge in [0.2, 0.25) is 5.95 Å². The number of rotatable bonds is 3. The van der Waals surface area contributed by atoms with Gasteiger partial charge in [0.1, 0.15) is 0 Å². The number of hydrogen-bond acceptors (Lipinski definition) is 6. The second-order valence-electron chi connectivity index (χ2n) is 8.17. The number of carbonyl (C=O) groups is 1. The number of fused-ring (bicyclic) bond motifs is 3. The highest BCUT2D eigenvalue weighted by Crippen LogP contribution is 2.46. The molecule has 2 atom stereocenters. The fourth-order valence-electron chi connectivity index (χ4n) is 4.33. The van der Waals surface area contributed by atoms with Gasteiger partial charge in [-0.2, -0.15) is 17.6 Å². The Labute approximate surface area is 198 Å². The molecular weight excluding hydrogens is 490 g/mol. The smallest absolute Gasteiger partial charge is 0.475 e. The second kappa shape index (κ2) is 9.34. The van der Waals surface area contributed by atoms with E-state index in [1.807, 2.05) is 24.4 Å². The van der Waals surface area contributed by atoms with Gasteiger partial charge in [0, 0.05) is 49.7 Å². The first-order valence-electron chi connectivity index (χ1n) is 10.4. The number of halogens is 4. The zero-order valence-electron chi connectivity index (χ0n) is 18.0. The lowest BCUT2D eigenvalue weighted by Gasteiger charge is -2.17. The average molecular weight is 509 g/mol. The molecule has 1 N–H and O–H groups in total. The number of aliphatic carboxylic acids is 1. The normalized spacial score (nSPS) is 20.5. The number of aromatic nitrogens is 2. The number of likely N-dealkylation sites (tertiary alicyclic amines) is 1. The molecule has 2 aliphatic heterocycles. The van der Waals surface area contributed by atoms with Crippen molar-refractivity contribution in [1.29, 1.82) is 0 Å². The highest BCUT2D eigenvalue weighted by molar-refractivity contribution is 7.92. The van der Waals surface area contributed by atoms with Crippen LogP contribution in [0.25, 0.3) is 11.1 Å². The van der Waals surface area contributed by atoms with E-state index in [4.69, 9.17) is 9.90 Å². The van der Waals surface area contributed by atoms with Crippen molar-refractivity contribution in [3.05, 3.63) is 78.1 Å². The van der Waals surface area contributed by atoms with Crippen LogP contribution in [0.3, 0.4) is 0 Å². The molecule has 0 aliphatic carbocycles. The van der Waals surface area contributed by atoms with Gasteiger partial charge < -0.3 is 5.11 Å². The summed E-state index contributed by atoms with van der Waals surface area (Å²) in [6.07, 6.45) is -0.0632. The molecule has 2 aliphatic rings. The fraction of sp³-hybridized carbons (Fsp3) is 0.261. The van der Waals surface area contributed by atoms with Crippen molar-refractivity contribution in [1.82, 2.24) is 14.9 Å². The van der Waals surface area contributed by atoms with Gasteiger partial charge in [-0.3, -0.25) is 9.88 Å². The van der Waals surface area contributed by atoms with Crippen LogP contribution in [-0.2, 0) is 21.2 Å². The van der Waals surface area contributed by atoms with Crippen molar-refractivity contribution in [3.8, 4) is 11.1 Å². The van der Waals surface area contributed by atoms with Crippen molar-refractivity contribution < 1.29 is 35.9 Å². The predicted molar refractivity (Wildman–Crippen MR) is 117 cm³/mol. The van der Waals surface area contributed by atoms with Crippen LogP contribution in [0.5, 0.6) is 0 Å². The van der Waals surface area contributed by atoms with Gasteiger partial charge in [-0.05, 0) is 47.0 Å². The van der Waals surface area contributed by atoms with E-state index in [9.17, 15) is 26.0 Å². The minimum atomic E-state index is -5.08. The number of alkyl halides is 3. The summed E-state index contributed by atoms with van der Waals surface area (Å²) in [4.78, 5) is 19.3. The Hall–Kier alpha value is -3.38. The Kier molecular flexibility index (Phi) is 6.60. The molecule has 7 nitrogen and oxygen atoms in total. The fourth-order valence-corrected chi connectivity index (χ4v) is 6.53. The maximum atomic E-state index is 13.1. The molecule has 3 aromatic rings. The third-order valence-corrected chi connectivity index (χ3v) is 8.15. The van der Waals surface area contributed by atoms with Crippen LogP contribution in [0, 0.1) is 5.95 Å². The van der Waals surface area contributed by atoms with E-state index < -0.39 is 33.2 Å². The van der Waals surface area contributed by atoms with Gasteiger partial charge in [0.25, 0.3) is 0 Å². The molecule has 1 aromatic carbocycles. The third kappa shape index (κ3) is 5.17. The molecule has 0 spiro atoms. The van der Waals surface area contributed by atoms with E-state index >= 15 is 0 Å². The molecule has 5 rings (SSSR count). The molecule has 1 saturated heterocycles. The van der Waals surface area contributed by atoms with Crippen molar-refractivity contribution >= 4 is 15.8 Å². The number of pyridine rings is 2. The molecule has 1 fully saturated rings. The summed E-state index contributed by atoms with van der Waals surface area (Å²) in [7, 11) is -3.35. The maximum Gasteiger partial charge on any atom is 0.490 e. The molecule has 2 unspecified atom stereocenters. The SMILES string of the molecule is O=C(O)C(F)(F)F.O=S1(=O)c2ccc(-c3ccc(F)nc3)cc2C2CN(Cc3cccnc3)CC21. The number of sulfone groups is 1. The van der Waals surface area contributed by atoms with E-state index in [1.165, 1.54) is 12.3 Å². The molecule has 184 valence electrons. The number of hydrogen-bond donors (Lipinski definition) is 1. The maximum absolute atomic E-state index is 13.1. The molecule has 12 heteroatoms. The number of benzene rings is 1. The number of carboxylic acid groups (broad SMARTS) is 1. The van der Waals surface area contributed by atoms with Gasteiger partial charge >= 0.3 is 12.1 Å². The molecule has 0 radical (unpaired) electrons. The van der Waals surface area contributed by atoms with Crippen LogP contribution in [-0.4, -0.2) is 58.9 Å². The molecule has 0 amide bonds. The van der Waals surface area contributed by atoms with Crippen molar-refractivity contribution in [2.45, 2.75) is 28.8 Å². The lowest BCUT2D eigenvalue weighted by molar-refractivity contribution is -0.192. The predicted octanol–water partition coefficient (Wildman–Crippen LogP) is 3.67. The van der Waals surface area contributed by atoms with Gasteiger partial charge in [-0.15, -0.1) is 0 Å². The van der Waals surface area contributed by atoms with Crippen LogP contribution in [0.4, 0.5) is 17.6 Å². The van der Waals surface area contributed by atoms with E-state index in [2.05, 4.69) is 14.9 Å². The summed E-state index contributed by atoms with van der Waals surface area (Å²) in [5.74, 6) is -3.34. The lowest BCUT2D eigenvalue weighted by Crippen LogP contribution is -2.25. The summed E-state index contributed by atoms with van der Waals surface area (Å²) in [6, 6.07) is 12.3. The zero-order valence-corrected chi connectivity index (χ0v) is 18.8. The van der Waals surface area contributed by atoms with E-state index in [1.54, 1.807) is 24.4 Å². The quantitative estimate of drug-likeness (QED) is 0.425. The minimum Gasteiger partial charge on any atom is -0.475 e. The van der Waals surface area contributed by atoms with Crippen LogP contribution >= 0.6 is 0 Å². The summed E-state index contributed by atoms with van der Waals surface area (Å²) >= 11 is 0. The Morgan fingerprint density at radius 3 is 2.40 bits per heavy atom. The Morgan fingerprint density at radius 1 is 1.09 bits per heavy atom.